The fourth-order valence-corrected chi connectivity index (χ4v) is 1.58. The molecule has 5 nitrogen and oxygen atoms in total. The van der Waals surface area contributed by atoms with Crippen LogP contribution in [0.25, 0.3) is 0 Å². The van der Waals surface area contributed by atoms with Crippen molar-refractivity contribution < 1.29 is 14.7 Å². The lowest BCUT2D eigenvalue weighted by Crippen LogP contribution is -2.30. The largest absolute Gasteiger partial charge is 0.396 e. The summed E-state index contributed by atoms with van der Waals surface area (Å²) in [7, 11) is 0. The number of aliphatic hydroxyl groups is 1. The molecule has 20 heavy (non-hydrogen) atoms. The second-order valence-electron chi connectivity index (χ2n) is 4.82. The SMILES string of the molecule is CC(CO)CNC(=O)CCCNC(=O)c1ccccc1. The number of carbonyl (C=O) groups excluding carboxylic acids is 2. The summed E-state index contributed by atoms with van der Waals surface area (Å²) in [6.45, 7) is 2.87. The van der Waals surface area contributed by atoms with Gasteiger partial charge in [0.25, 0.3) is 5.91 Å². The molecule has 0 aliphatic carbocycles. The smallest absolute Gasteiger partial charge is 0.251 e. The molecular weight excluding hydrogens is 256 g/mol. The summed E-state index contributed by atoms with van der Waals surface area (Å²) in [4.78, 5) is 23.2. The van der Waals surface area contributed by atoms with Gasteiger partial charge in [-0.05, 0) is 24.5 Å². The van der Waals surface area contributed by atoms with Crippen molar-refractivity contribution in [2.24, 2.45) is 5.92 Å². The lowest BCUT2D eigenvalue weighted by Gasteiger charge is -2.09. The van der Waals surface area contributed by atoms with Crippen LogP contribution in [0.5, 0.6) is 0 Å². The molecule has 1 unspecified atom stereocenters. The van der Waals surface area contributed by atoms with Gasteiger partial charge in [-0.1, -0.05) is 25.1 Å². The molecule has 0 spiro atoms. The monoisotopic (exact) mass is 278 g/mol. The molecule has 5 heteroatoms. The highest BCUT2D eigenvalue weighted by Gasteiger charge is 2.06. The van der Waals surface area contributed by atoms with Gasteiger partial charge in [-0.2, -0.15) is 0 Å². The van der Waals surface area contributed by atoms with Gasteiger partial charge in [-0.3, -0.25) is 9.59 Å². The van der Waals surface area contributed by atoms with Crippen molar-refractivity contribution in [2.45, 2.75) is 19.8 Å². The van der Waals surface area contributed by atoms with Crippen LogP contribution in [-0.2, 0) is 4.79 Å². The highest BCUT2D eigenvalue weighted by Crippen LogP contribution is 1.98. The van der Waals surface area contributed by atoms with Gasteiger partial charge in [-0.15, -0.1) is 0 Å². The quantitative estimate of drug-likeness (QED) is 0.619. The van der Waals surface area contributed by atoms with Crippen LogP contribution in [0.2, 0.25) is 0 Å². The highest BCUT2D eigenvalue weighted by atomic mass is 16.3. The molecule has 110 valence electrons. The van der Waals surface area contributed by atoms with Crippen LogP contribution in [0.1, 0.15) is 30.1 Å². The fraction of sp³-hybridized carbons (Fsp3) is 0.467. The molecule has 2 amide bonds. The molecular formula is C15H22N2O3. The van der Waals surface area contributed by atoms with Crippen molar-refractivity contribution in [2.75, 3.05) is 19.7 Å². The van der Waals surface area contributed by atoms with Gasteiger partial charge in [0, 0.05) is 31.7 Å². The summed E-state index contributed by atoms with van der Waals surface area (Å²) in [6, 6.07) is 8.97. The first-order chi connectivity index (χ1) is 9.63. The normalized spacial score (nSPS) is 11.7. The zero-order valence-corrected chi connectivity index (χ0v) is 11.8. The van der Waals surface area contributed by atoms with Gasteiger partial charge >= 0.3 is 0 Å². The van der Waals surface area contributed by atoms with Crippen LogP contribution in [0, 0.1) is 5.92 Å². The van der Waals surface area contributed by atoms with E-state index in [0.29, 0.717) is 31.5 Å². The first kappa shape index (κ1) is 16.2. The fourth-order valence-electron chi connectivity index (χ4n) is 1.58. The molecule has 0 radical (unpaired) electrons. The topological polar surface area (TPSA) is 78.4 Å². The maximum atomic E-state index is 11.7. The molecule has 0 bridgehead atoms. The number of aliphatic hydroxyl groups excluding tert-OH is 1. The van der Waals surface area contributed by atoms with Gasteiger partial charge < -0.3 is 15.7 Å². The standard InChI is InChI=1S/C15H22N2O3/c1-12(11-18)10-17-14(19)8-5-9-16-15(20)13-6-3-2-4-7-13/h2-4,6-7,12,18H,5,8-11H2,1H3,(H,16,20)(H,17,19). The summed E-state index contributed by atoms with van der Waals surface area (Å²) in [6.07, 6.45) is 0.963. The molecule has 1 atom stereocenters. The van der Waals surface area contributed by atoms with E-state index in [9.17, 15) is 9.59 Å². The van der Waals surface area contributed by atoms with Crippen LogP contribution >= 0.6 is 0 Å². The summed E-state index contributed by atoms with van der Waals surface area (Å²) in [5.41, 5.74) is 0.619. The third-order valence-electron chi connectivity index (χ3n) is 2.86. The van der Waals surface area contributed by atoms with E-state index in [-0.39, 0.29) is 24.3 Å². The molecule has 0 saturated carbocycles. The number of hydrogen-bond acceptors (Lipinski definition) is 3. The van der Waals surface area contributed by atoms with E-state index in [1.807, 2.05) is 25.1 Å². The summed E-state index contributed by atoms with van der Waals surface area (Å²) in [5.74, 6) is -0.115. The van der Waals surface area contributed by atoms with Gasteiger partial charge in [0.05, 0.1) is 0 Å². The van der Waals surface area contributed by atoms with Crippen LogP contribution in [0.15, 0.2) is 30.3 Å². The summed E-state index contributed by atoms with van der Waals surface area (Å²) in [5, 5.41) is 14.3. The van der Waals surface area contributed by atoms with Crippen molar-refractivity contribution >= 4 is 11.8 Å². The van der Waals surface area contributed by atoms with Crippen molar-refractivity contribution in [3.05, 3.63) is 35.9 Å². The first-order valence-corrected chi connectivity index (χ1v) is 6.84. The molecule has 0 aliphatic heterocycles. The van der Waals surface area contributed by atoms with Gasteiger partial charge in [-0.25, -0.2) is 0 Å². The Morgan fingerprint density at radius 1 is 1.20 bits per heavy atom. The average Bonchev–Trinajstić information content (AvgIpc) is 2.49. The Morgan fingerprint density at radius 3 is 2.55 bits per heavy atom. The number of hydrogen-bond donors (Lipinski definition) is 3. The predicted octanol–water partition coefficient (Wildman–Crippen LogP) is 0.941. The van der Waals surface area contributed by atoms with Gasteiger partial charge in [0.15, 0.2) is 0 Å². The minimum atomic E-state index is -0.125. The third kappa shape index (κ3) is 6.33. The Labute approximate surface area is 119 Å². The Bertz CT molecular complexity index is 420. The van der Waals surface area contributed by atoms with Crippen molar-refractivity contribution in [1.29, 1.82) is 0 Å². The molecule has 0 saturated heterocycles. The summed E-state index contributed by atoms with van der Waals surface area (Å²) >= 11 is 0. The van der Waals surface area contributed by atoms with Crippen molar-refractivity contribution in [3.8, 4) is 0 Å². The van der Waals surface area contributed by atoms with Crippen molar-refractivity contribution in [3.63, 3.8) is 0 Å². The lowest BCUT2D eigenvalue weighted by molar-refractivity contribution is -0.121. The molecule has 1 aromatic rings. The van der Waals surface area contributed by atoms with Crippen LogP contribution in [0.3, 0.4) is 0 Å². The maximum Gasteiger partial charge on any atom is 0.251 e. The van der Waals surface area contributed by atoms with E-state index in [1.165, 1.54) is 0 Å². The van der Waals surface area contributed by atoms with E-state index >= 15 is 0 Å². The minimum absolute atomic E-state index is 0.0562. The zero-order chi connectivity index (χ0) is 14.8. The molecule has 3 N–H and O–H groups in total. The van der Waals surface area contributed by atoms with Gasteiger partial charge in [0.2, 0.25) is 5.91 Å². The average molecular weight is 278 g/mol. The Balaban J connectivity index is 2.13. The van der Waals surface area contributed by atoms with E-state index in [1.54, 1.807) is 12.1 Å². The molecule has 1 rings (SSSR count). The van der Waals surface area contributed by atoms with E-state index < -0.39 is 0 Å². The Morgan fingerprint density at radius 2 is 1.90 bits per heavy atom. The molecule has 0 aromatic heterocycles. The predicted molar refractivity (Wildman–Crippen MR) is 77.3 cm³/mol. The molecule has 1 aromatic carbocycles. The Hall–Kier alpha value is -1.88. The molecule has 0 fully saturated rings. The minimum Gasteiger partial charge on any atom is -0.396 e. The number of amides is 2. The lowest BCUT2D eigenvalue weighted by atomic mass is 10.2. The van der Waals surface area contributed by atoms with E-state index in [4.69, 9.17) is 5.11 Å². The van der Waals surface area contributed by atoms with E-state index in [2.05, 4.69) is 10.6 Å². The first-order valence-electron chi connectivity index (χ1n) is 6.84. The van der Waals surface area contributed by atoms with Crippen molar-refractivity contribution in [1.82, 2.24) is 10.6 Å². The third-order valence-corrected chi connectivity index (χ3v) is 2.86. The number of nitrogens with one attached hydrogen (secondary N) is 2. The Kier molecular flexibility index (Phi) is 7.35. The van der Waals surface area contributed by atoms with Gasteiger partial charge in [0.1, 0.15) is 0 Å². The van der Waals surface area contributed by atoms with Crippen LogP contribution < -0.4 is 10.6 Å². The summed E-state index contributed by atoms with van der Waals surface area (Å²) < 4.78 is 0. The number of carbonyl (C=O) groups is 2. The van der Waals surface area contributed by atoms with Crippen LogP contribution in [0.4, 0.5) is 0 Å². The highest BCUT2D eigenvalue weighted by molar-refractivity contribution is 5.94. The number of benzene rings is 1. The van der Waals surface area contributed by atoms with Crippen LogP contribution in [-0.4, -0.2) is 36.6 Å². The van der Waals surface area contributed by atoms with E-state index in [0.717, 1.165) is 0 Å². The molecule has 0 heterocycles. The zero-order valence-electron chi connectivity index (χ0n) is 11.8. The maximum absolute atomic E-state index is 11.7. The number of rotatable bonds is 8. The molecule has 0 aliphatic rings. The second kappa shape index (κ2) is 9.09. The second-order valence-corrected chi connectivity index (χ2v) is 4.82.